The number of nitrogens with zero attached hydrogens (tertiary/aromatic N) is 3. The quantitative estimate of drug-likeness (QED) is 0.632. The Morgan fingerprint density at radius 2 is 1.62 bits per heavy atom. The largest absolute Gasteiger partial charge is 0.322 e. The predicted octanol–water partition coefficient (Wildman–Crippen LogP) is 5.10. The molecule has 2 heterocycles. The first kappa shape index (κ1) is 23.4. The molecule has 0 unspecified atom stereocenters. The zero-order chi connectivity index (χ0) is 22.3. The molecule has 4 rings (SSSR count). The first-order valence-electron chi connectivity index (χ1n) is 11.6. The third-order valence-electron chi connectivity index (χ3n) is 6.54. The average molecular weight is 475 g/mol. The lowest BCUT2D eigenvalue weighted by Crippen LogP contribution is -2.52. The van der Waals surface area contributed by atoms with Gasteiger partial charge in [-0.05, 0) is 61.6 Å². The topological polar surface area (TPSA) is 38.8 Å². The average Bonchev–Trinajstić information content (AvgIpc) is 2.80. The monoisotopic (exact) mass is 474 g/mol. The minimum absolute atomic E-state index is 0.00192. The van der Waals surface area contributed by atoms with Crippen molar-refractivity contribution in [2.45, 2.75) is 19.3 Å². The highest BCUT2D eigenvalue weighted by Gasteiger charge is 2.26. The summed E-state index contributed by atoms with van der Waals surface area (Å²) in [6.45, 7) is 7.80. The number of amides is 2. The molecular formula is C25H32Cl2N4O. The van der Waals surface area contributed by atoms with Crippen LogP contribution in [0, 0.1) is 5.92 Å². The molecule has 0 bridgehead atoms. The van der Waals surface area contributed by atoms with Gasteiger partial charge in [0, 0.05) is 61.5 Å². The lowest BCUT2D eigenvalue weighted by Gasteiger charge is -2.39. The summed E-state index contributed by atoms with van der Waals surface area (Å²) in [4.78, 5) is 19.5. The molecule has 0 spiro atoms. The number of likely N-dealkylation sites (tertiary alicyclic amines) is 1. The highest BCUT2D eigenvalue weighted by atomic mass is 35.5. The number of anilines is 1. The van der Waals surface area contributed by atoms with Gasteiger partial charge in [0.25, 0.3) is 0 Å². The Morgan fingerprint density at radius 3 is 2.34 bits per heavy atom. The van der Waals surface area contributed by atoms with Gasteiger partial charge in [0.05, 0.1) is 0 Å². The van der Waals surface area contributed by atoms with Crippen LogP contribution in [0.1, 0.15) is 18.4 Å². The molecule has 2 amide bonds. The van der Waals surface area contributed by atoms with Crippen molar-refractivity contribution < 1.29 is 4.79 Å². The Balaban J connectivity index is 1.20. The smallest absolute Gasteiger partial charge is 0.321 e. The molecule has 0 radical (unpaired) electrons. The molecule has 2 aromatic carbocycles. The predicted molar refractivity (Wildman–Crippen MR) is 133 cm³/mol. The van der Waals surface area contributed by atoms with Crippen molar-refractivity contribution in [1.82, 2.24) is 14.7 Å². The summed E-state index contributed by atoms with van der Waals surface area (Å²) in [5.41, 5.74) is 1.91. The molecule has 0 saturated carbocycles. The van der Waals surface area contributed by atoms with E-state index in [9.17, 15) is 4.79 Å². The van der Waals surface area contributed by atoms with Gasteiger partial charge in [-0.25, -0.2) is 4.79 Å². The number of carbonyl (C=O) groups excluding carboxylic acids is 1. The van der Waals surface area contributed by atoms with Crippen molar-refractivity contribution in [3.63, 3.8) is 0 Å². The third kappa shape index (κ3) is 6.38. The van der Waals surface area contributed by atoms with Crippen molar-refractivity contribution >= 4 is 34.9 Å². The molecule has 2 aliphatic rings. The van der Waals surface area contributed by atoms with Crippen molar-refractivity contribution in [1.29, 1.82) is 0 Å². The number of rotatable bonds is 6. The van der Waals surface area contributed by atoms with Crippen LogP contribution in [0.3, 0.4) is 0 Å². The molecular weight excluding hydrogens is 443 g/mol. The fourth-order valence-corrected chi connectivity index (χ4v) is 5.35. The summed E-state index contributed by atoms with van der Waals surface area (Å²) in [5.74, 6) is 0.676. The van der Waals surface area contributed by atoms with Gasteiger partial charge < -0.3 is 15.1 Å². The minimum atomic E-state index is -0.00192. The van der Waals surface area contributed by atoms with Crippen LogP contribution in [-0.2, 0) is 6.42 Å². The van der Waals surface area contributed by atoms with Crippen molar-refractivity contribution in [2.24, 2.45) is 5.92 Å². The van der Waals surface area contributed by atoms with E-state index in [1.54, 1.807) is 0 Å². The normalized spacial score (nSPS) is 20.3. The van der Waals surface area contributed by atoms with E-state index in [-0.39, 0.29) is 6.03 Å². The van der Waals surface area contributed by atoms with Gasteiger partial charge >= 0.3 is 6.03 Å². The highest BCUT2D eigenvalue weighted by Crippen LogP contribution is 2.26. The molecule has 2 fully saturated rings. The first-order chi connectivity index (χ1) is 15.6. The van der Waals surface area contributed by atoms with Crippen LogP contribution in [0.4, 0.5) is 10.5 Å². The number of piperidine rings is 1. The molecule has 2 saturated heterocycles. The second-order valence-corrected chi connectivity index (χ2v) is 9.66. The fourth-order valence-electron chi connectivity index (χ4n) is 4.77. The molecule has 2 aromatic rings. The van der Waals surface area contributed by atoms with E-state index in [1.807, 2.05) is 53.4 Å². The molecule has 2 aliphatic heterocycles. The van der Waals surface area contributed by atoms with Gasteiger partial charge in [0.1, 0.15) is 0 Å². The van der Waals surface area contributed by atoms with E-state index in [0.29, 0.717) is 5.92 Å². The van der Waals surface area contributed by atoms with Gasteiger partial charge in [-0.2, -0.15) is 0 Å². The number of carbonyl (C=O) groups is 1. The van der Waals surface area contributed by atoms with E-state index in [2.05, 4.69) is 15.1 Å². The first-order valence-corrected chi connectivity index (χ1v) is 12.3. The number of urea groups is 1. The molecule has 7 heteroatoms. The Labute approximate surface area is 201 Å². The van der Waals surface area contributed by atoms with Crippen LogP contribution < -0.4 is 5.32 Å². The maximum absolute atomic E-state index is 12.5. The summed E-state index contributed by atoms with van der Waals surface area (Å²) in [5, 5.41) is 4.52. The molecule has 0 aliphatic carbocycles. The number of para-hydroxylation sites is 1. The standard InChI is InChI=1S/C25H32Cl2N4O/c26-23-9-4-10-24(27)22(23)11-13-29-12-5-6-20(18-29)19-30-14-16-31(17-15-30)25(32)28-21-7-2-1-3-8-21/h1-4,7-10,20H,5-6,11-19H2,(H,28,32)/t20-/m1/s1. The van der Waals surface area contributed by atoms with Crippen molar-refractivity contribution in [3.05, 3.63) is 64.1 Å². The van der Waals surface area contributed by atoms with Crippen LogP contribution in [-0.4, -0.2) is 73.1 Å². The summed E-state index contributed by atoms with van der Waals surface area (Å²) < 4.78 is 0. The maximum atomic E-state index is 12.5. The highest BCUT2D eigenvalue weighted by molar-refractivity contribution is 6.35. The second kappa shape index (κ2) is 11.4. The Bertz CT molecular complexity index is 867. The number of benzene rings is 2. The van der Waals surface area contributed by atoms with E-state index in [0.717, 1.165) is 80.1 Å². The summed E-state index contributed by atoms with van der Waals surface area (Å²) in [6.07, 6.45) is 3.40. The van der Waals surface area contributed by atoms with Crippen LogP contribution in [0.2, 0.25) is 10.0 Å². The number of hydrogen-bond donors (Lipinski definition) is 1. The minimum Gasteiger partial charge on any atom is -0.322 e. The molecule has 0 aromatic heterocycles. The molecule has 1 N–H and O–H groups in total. The van der Waals surface area contributed by atoms with Crippen molar-refractivity contribution in [3.8, 4) is 0 Å². The van der Waals surface area contributed by atoms with E-state index >= 15 is 0 Å². The molecule has 1 atom stereocenters. The Hall–Kier alpha value is -1.79. The summed E-state index contributed by atoms with van der Waals surface area (Å²) in [6, 6.07) is 15.4. The van der Waals surface area contributed by atoms with Crippen LogP contribution in [0.5, 0.6) is 0 Å². The molecule has 5 nitrogen and oxygen atoms in total. The van der Waals surface area contributed by atoms with E-state index in [1.165, 1.54) is 12.8 Å². The lowest BCUT2D eigenvalue weighted by atomic mass is 9.96. The van der Waals surface area contributed by atoms with Gasteiger partial charge in [-0.1, -0.05) is 47.5 Å². The van der Waals surface area contributed by atoms with Crippen LogP contribution in [0.15, 0.2) is 48.5 Å². The number of halogens is 2. The number of hydrogen-bond acceptors (Lipinski definition) is 3. The maximum Gasteiger partial charge on any atom is 0.321 e. The zero-order valence-electron chi connectivity index (χ0n) is 18.5. The lowest BCUT2D eigenvalue weighted by molar-refractivity contribution is 0.101. The van der Waals surface area contributed by atoms with Gasteiger partial charge in [0.15, 0.2) is 0 Å². The van der Waals surface area contributed by atoms with E-state index < -0.39 is 0 Å². The fraction of sp³-hybridized carbons (Fsp3) is 0.480. The van der Waals surface area contributed by atoms with E-state index in [4.69, 9.17) is 23.2 Å². The summed E-state index contributed by atoms with van der Waals surface area (Å²) in [7, 11) is 0. The van der Waals surface area contributed by atoms with Crippen LogP contribution in [0.25, 0.3) is 0 Å². The number of nitrogens with one attached hydrogen (secondary N) is 1. The summed E-state index contributed by atoms with van der Waals surface area (Å²) >= 11 is 12.7. The number of piperazine rings is 1. The van der Waals surface area contributed by atoms with Gasteiger partial charge in [-0.3, -0.25) is 4.90 Å². The zero-order valence-corrected chi connectivity index (χ0v) is 20.0. The molecule has 32 heavy (non-hydrogen) atoms. The van der Waals surface area contributed by atoms with Gasteiger partial charge in [0.2, 0.25) is 0 Å². The second-order valence-electron chi connectivity index (χ2n) is 8.84. The van der Waals surface area contributed by atoms with Crippen LogP contribution >= 0.6 is 23.2 Å². The van der Waals surface area contributed by atoms with Gasteiger partial charge in [-0.15, -0.1) is 0 Å². The third-order valence-corrected chi connectivity index (χ3v) is 7.25. The van der Waals surface area contributed by atoms with Crippen molar-refractivity contribution in [2.75, 3.05) is 57.7 Å². The SMILES string of the molecule is O=C(Nc1ccccc1)N1CCN(C[C@@H]2CCCN(CCc3c(Cl)cccc3Cl)C2)CC1. The Morgan fingerprint density at radius 1 is 0.906 bits per heavy atom. The molecule has 172 valence electrons. The Kier molecular flexibility index (Phi) is 8.31.